The molecule has 0 bridgehead atoms. The number of amides is 2. The fraction of sp³-hybridized carbons (Fsp3) is 0.429. The summed E-state index contributed by atoms with van der Waals surface area (Å²) in [6.07, 6.45) is -1.22. The summed E-state index contributed by atoms with van der Waals surface area (Å²) in [6, 6.07) is 12.3. The first-order chi connectivity index (χ1) is 19.0. The van der Waals surface area contributed by atoms with E-state index >= 15 is 0 Å². The maximum atomic E-state index is 13.2. The monoisotopic (exact) mass is 590 g/mol. The zero-order valence-electron chi connectivity index (χ0n) is 24.4. The second-order valence-corrected chi connectivity index (χ2v) is 12.5. The SMILES string of the molecule is CCOC(=O)CCc1cccc(NS(=O)(=O)c2cccc(N=C(NC(=O)OC(C)(C)C)NC(=O)OC(C)(C)C)c2)c1. The molecule has 41 heavy (non-hydrogen) atoms. The molecule has 12 nitrogen and oxygen atoms in total. The van der Waals surface area contributed by atoms with E-state index in [2.05, 4.69) is 20.3 Å². The van der Waals surface area contributed by atoms with Gasteiger partial charge in [0, 0.05) is 12.1 Å². The third-order valence-electron chi connectivity index (χ3n) is 4.71. The van der Waals surface area contributed by atoms with E-state index in [-0.39, 0.29) is 35.5 Å². The molecular formula is C28H38N4O8S. The van der Waals surface area contributed by atoms with Crippen molar-refractivity contribution in [2.45, 2.75) is 77.4 Å². The second-order valence-electron chi connectivity index (χ2n) is 10.8. The van der Waals surface area contributed by atoms with Crippen molar-refractivity contribution in [3.8, 4) is 0 Å². The molecule has 224 valence electrons. The number of nitrogens with zero attached hydrogens (tertiary/aromatic N) is 1. The Balaban J connectivity index is 2.29. The Bertz CT molecular complexity index is 1340. The number of aliphatic imine (C=N–C) groups is 1. The zero-order chi connectivity index (χ0) is 30.8. The van der Waals surface area contributed by atoms with E-state index in [9.17, 15) is 22.8 Å². The van der Waals surface area contributed by atoms with Gasteiger partial charge in [-0.1, -0.05) is 18.2 Å². The van der Waals surface area contributed by atoms with Crippen LogP contribution in [0.5, 0.6) is 0 Å². The summed E-state index contributed by atoms with van der Waals surface area (Å²) in [7, 11) is -4.06. The number of hydrogen-bond donors (Lipinski definition) is 3. The highest BCUT2D eigenvalue weighted by Gasteiger charge is 2.22. The Morgan fingerprint density at radius 1 is 0.854 bits per heavy atom. The molecule has 0 aliphatic rings. The quantitative estimate of drug-likeness (QED) is 0.167. The van der Waals surface area contributed by atoms with Crippen LogP contribution in [-0.4, -0.2) is 50.3 Å². The van der Waals surface area contributed by atoms with Gasteiger partial charge >= 0.3 is 18.2 Å². The molecule has 2 rings (SSSR count). The fourth-order valence-electron chi connectivity index (χ4n) is 3.22. The number of benzene rings is 2. The summed E-state index contributed by atoms with van der Waals surface area (Å²) in [6.45, 7) is 12.0. The van der Waals surface area contributed by atoms with Gasteiger partial charge in [0.25, 0.3) is 10.0 Å². The Morgan fingerprint density at radius 2 is 1.44 bits per heavy atom. The summed E-state index contributed by atoms with van der Waals surface area (Å²) < 4.78 is 44.2. The van der Waals surface area contributed by atoms with Gasteiger partial charge in [0.05, 0.1) is 17.2 Å². The minimum absolute atomic E-state index is 0.109. The number of alkyl carbamates (subject to hydrolysis) is 2. The summed E-state index contributed by atoms with van der Waals surface area (Å²) in [5.41, 5.74) is -0.478. The molecule has 0 aromatic heterocycles. The van der Waals surface area contributed by atoms with E-state index in [1.54, 1.807) is 72.7 Å². The molecule has 2 aromatic carbocycles. The van der Waals surface area contributed by atoms with Gasteiger partial charge in [-0.15, -0.1) is 0 Å². The summed E-state index contributed by atoms with van der Waals surface area (Å²) >= 11 is 0. The molecule has 0 saturated heterocycles. The third-order valence-corrected chi connectivity index (χ3v) is 6.09. The minimum atomic E-state index is -4.06. The van der Waals surface area contributed by atoms with E-state index in [0.29, 0.717) is 12.1 Å². The second kappa shape index (κ2) is 14.0. The molecular weight excluding hydrogens is 552 g/mol. The summed E-state index contributed by atoms with van der Waals surface area (Å²) in [5.74, 6) is -0.664. The molecule has 2 amide bonds. The molecule has 0 radical (unpaired) electrons. The number of sulfonamides is 1. The number of guanidine groups is 1. The van der Waals surface area contributed by atoms with E-state index in [1.807, 2.05) is 0 Å². The maximum absolute atomic E-state index is 13.2. The normalized spacial score (nSPS) is 11.6. The molecule has 0 fully saturated rings. The molecule has 0 aliphatic heterocycles. The number of anilines is 1. The van der Waals surface area contributed by atoms with Crippen molar-refractivity contribution in [2.24, 2.45) is 4.99 Å². The molecule has 0 atom stereocenters. The van der Waals surface area contributed by atoms with Gasteiger partial charge in [0.2, 0.25) is 5.96 Å². The number of carbonyl (C=O) groups is 3. The highest BCUT2D eigenvalue weighted by atomic mass is 32.2. The van der Waals surface area contributed by atoms with Gasteiger partial charge in [0.1, 0.15) is 11.2 Å². The number of rotatable bonds is 8. The van der Waals surface area contributed by atoms with Crippen molar-refractivity contribution in [3.63, 3.8) is 0 Å². The van der Waals surface area contributed by atoms with E-state index in [0.717, 1.165) is 5.56 Å². The van der Waals surface area contributed by atoms with Crippen molar-refractivity contribution in [1.29, 1.82) is 0 Å². The van der Waals surface area contributed by atoms with Crippen LogP contribution in [0.2, 0.25) is 0 Å². The van der Waals surface area contributed by atoms with Gasteiger partial charge in [-0.3, -0.25) is 20.2 Å². The van der Waals surface area contributed by atoms with Gasteiger partial charge in [-0.05, 0) is 90.8 Å². The Morgan fingerprint density at radius 3 is 2.00 bits per heavy atom. The number of aryl methyl sites for hydroxylation is 1. The van der Waals surface area contributed by atoms with Gasteiger partial charge in [-0.25, -0.2) is 23.0 Å². The van der Waals surface area contributed by atoms with E-state index in [1.165, 1.54) is 24.3 Å². The van der Waals surface area contributed by atoms with Crippen molar-refractivity contribution < 1.29 is 37.0 Å². The molecule has 3 N–H and O–H groups in total. The number of carbonyl (C=O) groups excluding carboxylic acids is 3. The summed E-state index contributed by atoms with van der Waals surface area (Å²) in [4.78, 5) is 40.5. The minimum Gasteiger partial charge on any atom is -0.466 e. The number of hydrogen-bond acceptors (Lipinski definition) is 9. The standard InChI is InChI=1S/C28H38N4O8S/c1-8-38-23(33)16-15-19-11-9-13-21(17-19)32-41(36,37)22-14-10-12-20(18-22)29-24(30-25(34)39-27(2,3)4)31-26(35)40-28(5,6)7/h9-14,17-18,32H,8,15-16H2,1-7H3,(H2,29,30,31,34,35). The predicted octanol–water partition coefficient (Wildman–Crippen LogP) is 5.02. The first-order valence-electron chi connectivity index (χ1n) is 12.9. The molecule has 0 aliphatic carbocycles. The number of esters is 1. The van der Waals surface area contributed by atoms with Crippen LogP contribution in [0.4, 0.5) is 21.0 Å². The average molecular weight is 591 g/mol. The molecule has 0 unspecified atom stereocenters. The first kappa shape index (κ1) is 33.1. The van der Waals surface area contributed by atoms with Crippen LogP contribution in [0.25, 0.3) is 0 Å². The molecule has 0 saturated carbocycles. The Hall–Kier alpha value is -4.13. The van der Waals surface area contributed by atoms with Crippen LogP contribution in [0.3, 0.4) is 0 Å². The van der Waals surface area contributed by atoms with Crippen molar-refractivity contribution >= 4 is 45.5 Å². The predicted molar refractivity (Wildman–Crippen MR) is 154 cm³/mol. The lowest BCUT2D eigenvalue weighted by Crippen LogP contribution is -2.47. The highest BCUT2D eigenvalue weighted by Crippen LogP contribution is 2.22. The lowest BCUT2D eigenvalue weighted by atomic mass is 10.1. The maximum Gasteiger partial charge on any atom is 0.414 e. The largest absolute Gasteiger partial charge is 0.466 e. The van der Waals surface area contributed by atoms with Crippen LogP contribution < -0.4 is 15.4 Å². The fourth-order valence-corrected chi connectivity index (χ4v) is 4.31. The molecule has 0 spiro atoms. The van der Waals surface area contributed by atoms with Crippen LogP contribution in [0, 0.1) is 0 Å². The van der Waals surface area contributed by atoms with Crippen molar-refractivity contribution in [1.82, 2.24) is 10.6 Å². The van der Waals surface area contributed by atoms with Crippen LogP contribution in [0.1, 0.15) is 60.5 Å². The van der Waals surface area contributed by atoms with Gasteiger partial charge < -0.3 is 14.2 Å². The zero-order valence-corrected chi connectivity index (χ0v) is 25.2. The molecule has 2 aromatic rings. The van der Waals surface area contributed by atoms with Crippen LogP contribution in [0.15, 0.2) is 58.4 Å². The topological polar surface area (TPSA) is 161 Å². The van der Waals surface area contributed by atoms with E-state index in [4.69, 9.17) is 14.2 Å². The van der Waals surface area contributed by atoms with Crippen LogP contribution >= 0.6 is 0 Å². The van der Waals surface area contributed by atoms with Crippen LogP contribution in [-0.2, 0) is 35.4 Å². The van der Waals surface area contributed by atoms with Gasteiger partial charge in [0.15, 0.2) is 0 Å². The van der Waals surface area contributed by atoms with Crippen molar-refractivity contribution in [2.75, 3.05) is 11.3 Å². The third kappa shape index (κ3) is 12.7. The van der Waals surface area contributed by atoms with Gasteiger partial charge in [-0.2, -0.15) is 0 Å². The lowest BCUT2D eigenvalue weighted by Gasteiger charge is -2.22. The highest BCUT2D eigenvalue weighted by molar-refractivity contribution is 7.92. The smallest absolute Gasteiger partial charge is 0.414 e. The Kier molecular flexibility index (Phi) is 11.3. The Labute approximate surface area is 240 Å². The number of ether oxygens (including phenoxy) is 3. The van der Waals surface area contributed by atoms with E-state index < -0.39 is 33.4 Å². The lowest BCUT2D eigenvalue weighted by molar-refractivity contribution is -0.143. The van der Waals surface area contributed by atoms with Crippen molar-refractivity contribution in [3.05, 3.63) is 54.1 Å². The average Bonchev–Trinajstić information content (AvgIpc) is 2.80. The number of nitrogens with one attached hydrogen (secondary N) is 3. The molecule has 13 heteroatoms. The summed E-state index contributed by atoms with van der Waals surface area (Å²) in [5, 5.41) is 4.70. The molecule has 0 heterocycles. The first-order valence-corrected chi connectivity index (χ1v) is 14.4.